The molecule has 0 aromatic carbocycles. The summed E-state index contributed by atoms with van der Waals surface area (Å²) in [5, 5.41) is 3.24. The van der Waals surface area contributed by atoms with Crippen molar-refractivity contribution in [2.75, 3.05) is 19.8 Å². The first-order valence-corrected chi connectivity index (χ1v) is 5.29. The largest absolute Gasteiger partial charge is 0.411 e. The number of halogens is 3. The van der Waals surface area contributed by atoms with Gasteiger partial charge < -0.3 is 10.1 Å². The summed E-state index contributed by atoms with van der Waals surface area (Å²) in [6, 6.07) is 0.464. The van der Waals surface area contributed by atoms with E-state index in [0.717, 1.165) is 19.4 Å². The van der Waals surface area contributed by atoms with Crippen LogP contribution >= 0.6 is 0 Å². The normalized spacial score (nSPS) is 12.4. The average Bonchev–Trinajstić information content (AvgIpc) is 2.07. The summed E-state index contributed by atoms with van der Waals surface area (Å²) < 4.78 is 39.4. The van der Waals surface area contributed by atoms with Crippen molar-refractivity contribution in [1.82, 2.24) is 5.32 Å². The summed E-state index contributed by atoms with van der Waals surface area (Å²) in [5.74, 6) is 0. The van der Waals surface area contributed by atoms with E-state index in [1.807, 2.05) is 0 Å². The van der Waals surface area contributed by atoms with Gasteiger partial charge in [0.2, 0.25) is 0 Å². The Morgan fingerprint density at radius 1 is 1.13 bits per heavy atom. The molecule has 0 fully saturated rings. The average molecular weight is 227 g/mol. The van der Waals surface area contributed by atoms with E-state index in [4.69, 9.17) is 0 Å². The van der Waals surface area contributed by atoms with Gasteiger partial charge in [0.1, 0.15) is 6.61 Å². The Morgan fingerprint density at radius 3 is 2.33 bits per heavy atom. The summed E-state index contributed by atoms with van der Waals surface area (Å²) in [5.41, 5.74) is 0. The summed E-state index contributed by atoms with van der Waals surface area (Å²) in [6.45, 7) is 4.11. The molecule has 0 spiro atoms. The lowest BCUT2D eigenvalue weighted by Crippen LogP contribution is -2.23. The van der Waals surface area contributed by atoms with Crippen LogP contribution in [-0.4, -0.2) is 32.0 Å². The predicted octanol–water partition coefficient (Wildman–Crippen LogP) is 2.73. The van der Waals surface area contributed by atoms with Crippen molar-refractivity contribution in [2.45, 2.75) is 45.3 Å². The van der Waals surface area contributed by atoms with E-state index in [2.05, 4.69) is 23.9 Å². The van der Waals surface area contributed by atoms with Gasteiger partial charge in [-0.3, -0.25) is 0 Å². The second kappa shape index (κ2) is 7.93. The van der Waals surface area contributed by atoms with Crippen LogP contribution in [0.2, 0.25) is 0 Å². The smallest absolute Gasteiger partial charge is 0.372 e. The molecule has 0 aromatic rings. The van der Waals surface area contributed by atoms with Crippen molar-refractivity contribution in [3.05, 3.63) is 0 Å². The first kappa shape index (κ1) is 14.7. The zero-order valence-electron chi connectivity index (χ0n) is 9.36. The quantitative estimate of drug-likeness (QED) is 0.644. The summed E-state index contributed by atoms with van der Waals surface area (Å²) >= 11 is 0. The van der Waals surface area contributed by atoms with Gasteiger partial charge in [0, 0.05) is 12.6 Å². The van der Waals surface area contributed by atoms with Gasteiger partial charge in [-0.25, -0.2) is 0 Å². The van der Waals surface area contributed by atoms with Crippen molar-refractivity contribution >= 4 is 0 Å². The number of hydrogen-bond acceptors (Lipinski definition) is 2. The first-order valence-electron chi connectivity index (χ1n) is 5.29. The Bertz CT molecular complexity index is 148. The molecule has 2 nitrogen and oxygen atoms in total. The monoisotopic (exact) mass is 227 g/mol. The molecule has 0 aromatic heterocycles. The van der Waals surface area contributed by atoms with Crippen molar-refractivity contribution in [2.24, 2.45) is 0 Å². The third-order valence-electron chi connectivity index (χ3n) is 1.78. The van der Waals surface area contributed by atoms with Gasteiger partial charge in [-0.2, -0.15) is 13.2 Å². The molecule has 0 unspecified atom stereocenters. The molecule has 0 saturated heterocycles. The third kappa shape index (κ3) is 13.7. The van der Waals surface area contributed by atoms with Crippen molar-refractivity contribution < 1.29 is 17.9 Å². The SMILES string of the molecule is CC(C)NCCCCCOCC(F)(F)F. The molecule has 1 N–H and O–H groups in total. The highest BCUT2D eigenvalue weighted by atomic mass is 19.4. The molecular weight excluding hydrogens is 207 g/mol. The molecule has 0 amide bonds. The molecule has 0 heterocycles. The lowest BCUT2D eigenvalue weighted by atomic mass is 10.2. The minimum absolute atomic E-state index is 0.196. The number of rotatable bonds is 8. The van der Waals surface area contributed by atoms with E-state index in [1.54, 1.807) is 0 Å². The Balaban J connectivity index is 3.06. The number of alkyl halides is 3. The highest BCUT2D eigenvalue weighted by Gasteiger charge is 2.26. The fraction of sp³-hybridized carbons (Fsp3) is 1.00. The van der Waals surface area contributed by atoms with E-state index in [-0.39, 0.29) is 6.61 Å². The minimum Gasteiger partial charge on any atom is -0.372 e. The number of ether oxygens (including phenoxy) is 1. The van der Waals surface area contributed by atoms with Crippen molar-refractivity contribution in [3.63, 3.8) is 0 Å². The van der Waals surface area contributed by atoms with Gasteiger partial charge in [0.15, 0.2) is 0 Å². The number of hydrogen-bond donors (Lipinski definition) is 1. The molecule has 0 atom stereocenters. The van der Waals surface area contributed by atoms with Crippen LogP contribution in [0.25, 0.3) is 0 Å². The van der Waals surface area contributed by atoms with E-state index in [1.165, 1.54) is 0 Å². The Kier molecular flexibility index (Phi) is 7.78. The molecule has 0 aliphatic heterocycles. The topological polar surface area (TPSA) is 21.3 Å². The first-order chi connectivity index (χ1) is 6.92. The van der Waals surface area contributed by atoms with Crippen LogP contribution in [0.1, 0.15) is 33.1 Å². The predicted molar refractivity (Wildman–Crippen MR) is 53.9 cm³/mol. The molecule has 92 valence electrons. The van der Waals surface area contributed by atoms with Crippen LogP contribution in [0.5, 0.6) is 0 Å². The van der Waals surface area contributed by atoms with Crippen molar-refractivity contribution in [3.8, 4) is 0 Å². The Morgan fingerprint density at radius 2 is 1.80 bits per heavy atom. The number of nitrogens with one attached hydrogen (secondary N) is 1. The zero-order valence-corrected chi connectivity index (χ0v) is 9.36. The van der Waals surface area contributed by atoms with E-state index >= 15 is 0 Å². The Hall–Kier alpha value is -0.290. The van der Waals surface area contributed by atoms with Gasteiger partial charge >= 0.3 is 6.18 Å². The highest BCUT2D eigenvalue weighted by molar-refractivity contribution is 4.53. The summed E-state index contributed by atoms with van der Waals surface area (Å²) in [4.78, 5) is 0. The molecule has 0 radical (unpaired) electrons. The van der Waals surface area contributed by atoms with Crippen LogP contribution in [0.4, 0.5) is 13.2 Å². The fourth-order valence-electron chi connectivity index (χ4n) is 1.08. The van der Waals surface area contributed by atoms with E-state index in [9.17, 15) is 13.2 Å². The number of unbranched alkanes of at least 4 members (excludes halogenated alkanes) is 2. The van der Waals surface area contributed by atoms with Crippen LogP contribution in [0.3, 0.4) is 0 Å². The van der Waals surface area contributed by atoms with E-state index < -0.39 is 12.8 Å². The maximum absolute atomic E-state index is 11.6. The second-order valence-corrected chi connectivity index (χ2v) is 3.84. The summed E-state index contributed by atoms with van der Waals surface area (Å²) in [6.07, 6.45) is -1.62. The minimum atomic E-state index is -4.20. The molecule has 0 saturated carbocycles. The van der Waals surface area contributed by atoms with Gasteiger partial charge in [0.05, 0.1) is 0 Å². The van der Waals surface area contributed by atoms with Crippen LogP contribution in [-0.2, 0) is 4.74 Å². The molecule has 0 aliphatic rings. The van der Waals surface area contributed by atoms with Gasteiger partial charge in [0.25, 0.3) is 0 Å². The summed E-state index contributed by atoms with van der Waals surface area (Å²) in [7, 11) is 0. The Labute approximate surface area is 89.2 Å². The molecule has 15 heavy (non-hydrogen) atoms. The lowest BCUT2D eigenvalue weighted by Gasteiger charge is -2.08. The third-order valence-corrected chi connectivity index (χ3v) is 1.78. The second-order valence-electron chi connectivity index (χ2n) is 3.84. The van der Waals surface area contributed by atoms with E-state index in [0.29, 0.717) is 12.5 Å². The van der Waals surface area contributed by atoms with Gasteiger partial charge in [-0.05, 0) is 25.8 Å². The maximum atomic E-state index is 11.6. The van der Waals surface area contributed by atoms with Crippen LogP contribution in [0.15, 0.2) is 0 Å². The molecule has 0 rings (SSSR count). The maximum Gasteiger partial charge on any atom is 0.411 e. The molecule has 5 heteroatoms. The fourth-order valence-corrected chi connectivity index (χ4v) is 1.08. The lowest BCUT2D eigenvalue weighted by molar-refractivity contribution is -0.174. The van der Waals surface area contributed by atoms with Crippen LogP contribution < -0.4 is 5.32 Å². The van der Waals surface area contributed by atoms with Crippen LogP contribution in [0, 0.1) is 0 Å². The standard InChI is InChI=1S/C10H20F3NO/c1-9(2)14-6-4-3-5-7-15-8-10(11,12)13/h9,14H,3-8H2,1-2H3. The molecule has 0 aliphatic carbocycles. The van der Waals surface area contributed by atoms with Gasteiger partial charge in [-0.1, -0.05) is 13.8 Å². The molecular formula is C10H20F3NO. The zero-order chi connectivity index (χ0) is 11.7. The van der Waals surface area contributed by atoms with Crippen molar-refractivity contribution in [1.29, 1.82) is 0 Å². The highest BCUT2D eigenvalue weighted by Crippen LogP contribution is 2.14. The van der Waals surface area contributed by atoms with Gasteiger partial charge in [-0.15, -0.1) is 0 Å². The molecule has 0 bridgehead atoms.